The van der Waals surface area contributed by atoms with Crippen LogP contribution in [-0.2, 0) is 16.6 Å². The van der Waals surface area contributed by atoms with Crippen LogP contribution in [0.25, 0.3) is 0 Å². The van der Waals surface area contributed by atoms with Crippen molar-refractivity contribution in [1.82, 2.24) is 9.62 Å². The van der Waals surface area contributed by atoms with Crippen molar-refractivity contribution < 1.29 is 8.42 Å². The van der Waals surface area contributed by atoms with Gasteiger partial charge in [0.05, 0.1) is 4.90 Å². The molecule has 4 nitrogen and oxygen atoms in total. The number of nitrogens with zero attached hydrogens (tertiary/aromatic N) is 1. The second-order valence-electron chi connectivity index (χ2n) is 5.89. The van der Waals surface area contributed by atoms with Gasteiger partial charge in [-0.1, -0.05) is 33.6 Å². The molecule has 1 aliphatic carbocycles. The fourth-order valence-electron chi connectivity index (χ4n) is 2.93. The van der Waals surface area contributed by atoms with Crippen LogP contribution >= 0.6 is 11.3 Å². The standard InChI is InChI=1S/C15H26N2O2S2/c1-4-17(13-7-5-6-8-13)21(18,19)15-9-10-20-14(15)11-16-12(2)3/h9-10,12-13,16H,4-8,11H2,1-3H3. The number of nitrogens with one attached hydrogen (secondary N) is 1. The molecule has 0 aliphatic heterocycles. The molecule has 1 aromatic heterocycles. The lowest BCUT2D eigenvalue weighted by Crippen LogP contribution is -2.39. The summed E-state index contributed by atoms with van der Waals surface area (Å²) in [7, 11) is -3.37. The van der Waals surface area contributed by atoms with Crippen molar-refractivity contribution in [2.45, 2.75) is 70.0 Å². The van der Waals surface area contributed by atoms with E-state index in [1.165, 1.54) is 11.3 Å². The molecule has 0 aromatic carbocycles. The first-order chi connectivity index (χ1) is 9.96. The SMILES string of the molecule is CCN(C1CCCC1)S(=O)(=O)c1ccsc1CNC(C)C. The summed E-state index contributed by atoms with van der Waals surface area (Å²) in [5, 5.41) is 5.20. The Morgan fingerprint density at radius 1 is 1.38 bits per heavy atom. The fourth-order valence-corrected chi connectivity index (χ4v) is 5.99. The maximum Gasteiger partial charge on any atom is 0.244 e. The molecule has 6 heteroatoms. The predicted octanol–water partition coefficient (Wildman–Crippen LogP) is 3.20. The lowest BCUT2D eigenvalue weighted by molar-refractivity contribution is 0.335. The summed E-state index contributed by atoms with van der Waals surface area (Å²) in [6.45, 7) is 7.25. The maximum atomic E-state index is 13.0. The third-order valence-electron chi connectivity index (χ3n) is 4.01. The molecule has 0 radical (unpaired) electrons. The molecule has 0 bridgehead atoms. The molecule has 0 spiro atoms. The highest BCUT2D eigenvalue weighted by atomic mass is 32.2. The van der Waals surface area contributed by atoms with Crippen LogP contribution in [0, 0.1) is 0 Å². The maximum absolute atomic E-state index is 13.0. The molecule has 0 amide bonds. The van der Waals surface area contributed by atoms with Crippen molar-refractivity contribution in [1.29, 1.82) is 0 Å². The molecule has 0 saturated heterocycles. The van der Waals surface area contributed by atoms with Gasteiger partial charge >= 0.3 is 0 Å². The Hall–Kier alpha value is -0.430. The molecule has 120 valence electrons. The van der Waals surface area contributed by atoms with Crippen LogP contribution in [0.1, 0.15) is 51.3 Å². The molecule has 1 fully saturated rings. The summed E-state index contributed by atoms with van der Waals surface area (Å²) >= 11 is 1.52. The third kappa shape index (κ3) is 3.86. The number of hydrogen-bond acceptors (Lipinski definition) is 4. The first kappa shape index (κ1) is 16.9. The highest BCUT2D eigenvalue weighted by molar-refractivity contribution is 7.89. The van der Waals surface area contributed by atoms with Crippen LogP contribution in [-0.4, -0.2) is 31.4 Å². The zero-order valence-corrected chi connectivity index (χ0v) is 14.8. The van der Waals surface area contributed by atoms with E-state index in [0.29, 0.717) is 24.0 Å². The van der Waals surface area contributed by atoms with Gasteiger partial charge in [-0.25, -0.2) is 8.42 Å². The van der Waals surface area contributed by atoms with Gasteiger partial charge in [0.1, 0.15) is 0 Å². The molecule has 0 atom stereocenters. The molecule has 0 unspecified atom stereocenters. The quantitative estimate of drug-likeness (QED) is 0.835. The van der Waals surface area contributed by atoms with Crippen molar-refractivity contribution in [3.05, 3.63) is 16.3 Å². The second kappa shape index (κ2) is 7.22. The molecule has 1 saturated carbocycles. The summed E-state index contributed by atoms with van der Waals surface area (Å²) < 4.78 is 27.7. The third-order valence-corrected chi connectivity index (χ3v) is 7.17. The molecule has 21 heavy (non-hydrogen) atoms. The Kier molecular flexibility index (Phi) is 5.82. The van der Waals surface area contributed by atoms with Gasteiger partial charge in [-0.2, -0.15) is 4.31 Å². The number of thiophene rings is 1. The second-order valence-corrected chi connectivity index (χ2v) is 8.75. The Balaban J connectivity index is 2.23. The van der Waals surface area contributed by atoms with E-state index in [0.717, 1.165) is 30.6 Å². The van der Waals surface area contributed by atoms with Crippen LogP contribution in [0.2, 0.25) is 0 Å². The van der Waals surface area contributed by atoms with Gasteiger partial charge in [0.2, 0.25) is 10.0 Å². The van der Waals surface area contributed by atoms with Crippen molar-refractivity contribution in [2.24, 2.45) is 0 Å². The van der Waals surface area contributed by atoms with Gasteiger partial charge in [-0.15, -0.1) is 11.3 Å². The van der Waals surface area contributed by atoms with Gasteiger partial charge in [0.25, 0.3) is 0 Å². The normalized spacial score (nSPS) is 17.2. The molecule has 2 rings (SSSR count). The number of rotatable bonds is 7. The van der Waals surface area contributed by atoms with Crippen LogP contribution < -0.4 is 5.32 Å². The minimum atomic E-state index is -3.37. The molecule has 1 N–H and O–H groups in total. The summed E-state index contributed by atoms with van der Waals surface area (Å²) in [6.07, 6.45) is 4.28. The van der Waals surface area contributed by atoms with E-state index in [1.807, 2.05) is 12.3 Å². The largest absolute Gasteiger partial charge is 0.310 e. The lowest BCUT2D eigenvalue weighted by Gasteiger charge is -2.27. The minimum Gasteiger partial charge on any atom is -0.310 e. The van der Waals surface area contributed by atoms with E-state index in [1.54, 1.807) is 10.4 Å². The van der Waals surface area contributed by atoms with E-state index < -0.39 is 10.0 Å². The monoisotopic (exact) mass is 330 g/mol. The van der Waals surface area contributed by atoms with Crippen molar-refractivity contribution in [3.63, 3.8) is 0 Å². The minimum absolute atomic E-state index is 0.186. The highest BCUT2D eigenvalue weighted by Crippen LogP contribution is 2.31. The van der Waals surface area contributed by atoms with Crippen LogP contribution in [0.15, 0.2) is 16.3 Å². The average molecular weight is 331 g/mol. The zero-order valence-electron chi connectivity index (χ0n) is 13.1. The van der Waals surface area contributed by atoms with Crippen molar-refractivity contribution >= 4 is 21.4 Å². The first-order valence-corrected chi connectivity index (χ1v) is 10.1. The fraction of sp³-hybridized carbons (Fsp3) is 0.733. The van der Waals surface area contributed by atoms with Gasteiger partial charge < -0.3 is 5.32 Å². The zero-order chi connectivity index (χ0) is 15.5. The Bertz CT molecular complexity index is 546. The Morgan fingerprint density at radius 3 is 2.62 bits per heavy atom. The van der Waals surface area contributed by atoms with Crippen LogP contribution in [0.4, 0.5) is 0 Å². The number of hydrogen-bond donors (Lipinski definition) is 1. The van der Waals surface area contributed by atoms with E-state index in [4.69, 9.17) is 0 Å². The molecule has 1 heterocycles. The van der Waals surface area contributed by atoms with Gasteiger partial charge in [-0.3, -0.25) is 0 Å². The highest BCUT2D eigenvalue weighted by Gasteiger charge is 2.33. The molecule has 1 aliphatic rings. The van der Waals surface area contributed by atoms with E-state index in [2.05, 4.69) is 19.2 Å². The summed E-state index contributed by atoms with van der Waals surface area (Å²) in [4.78, 5) is 1.41. The summed E-state index contributed by atoms with van der Waals surface area (Å²) in [6, 6.07) is 2.29. The smallest absolute Gasteiger partial charge is 0.244 e. The molecular formula is C15H26N2O2S2. The molecule has 1 aromatic rings. The van der Waals surface area contributed by atoms with E-state index >= 15 is 0 Å². The predicted molar refractivity (Wildman–Crippen MR) is 88.1 cm³/mol. The summed E-state index contributed by atoms with van der Waals surface area (Å²) in [5.41, 5.74) is 0. The first-order valence-electron chi connectivity index (χ1n) is 7.78. The van der Waals surface area contributed by atoms with Crippen LogP contribution in [0.3, 0.4) is 0 Å². The lowest BCUT2D eigenvalue weighted by atomic mass is 10.2. The van der Waals surface area contributed by atoms with Gasteiger partial charge in [0.15, 0.2) is 0 Å². The van der Waals surface area contributed by atoms with Gasteiger partial charge in [-0.05, 0) is 24.3 Å². The summed E-state index contributed by atoms with van der Waals surface area (Å²) in [5.74, 6) is 0. The Morgan fingerprint density at radius 2 is 2.05 bits per heavy atom. The topological polar surface area (TPSA) is 49.4 Å². The average Bonchev–Trinajstić information content (AvgIpc) is 3.08. The van der Waals surface area contributed by atoms with Crippen molar-refractivity contribution in [2.75, 3.05) is 6.54 Å². The van der Waals surface area contributed by atoms with E-state index in [9.17, 15) is 8.42 Å². The number of sulfonamides is 1. The molecular weight excluding hydrogens is 304 g/mol. The van der Waals surface area contributed by atoms with Gasteiger partial charge in [0, 0.05) is 30.1 Å². The Labute approximate surface area is 132 Å². The van der Waals surface area contributed by atoms with Crippen LogP contribution in [0.5, 0.6) is 0 Å². The van der Waals surface area contributed by atoms with Crippen molar-refractivity contribution in [3.8, 4) is 0 Å². The van der Waals surface area contributed by atoms with E-state index in [-0.39, 0.29) is 6.04 Å².